The maximum atomic E-state index is 6.10. The van der Waals surface area contributed by atoms with Crippen molar-refractivity contribution in [2.75, 3.05) is 13.2 Å². The van der Waals surface area contributed by atoms with E-state index in [9.17, 15) is 0 Å². The maximum absolute atomic E-state index is 6.10. The first-order valence-electron chi connectivity index (χ1n) is 7.46. The molecule has 0 saturated heterocycles. The lowest BCUT2D eigenvalue weighted by atomic mass is 10.0. The molecule has 3 heteroatoms. The molecule has 0 fully saturated rings. The second kappa shape index (κ2) is 8.32. The van der Waals surface area contributed by atoms with Crippen LogP contribution < -0.4 is 15.2 Å². The molecule has 0 aliphatic rings. The van der Waals surface area contributed by atoms with E-state index in [0.29, 0.717) is 13.2 Å². The molecule has 0 saturated carbocycles. The third-order valence-corrected chi connectivity index (χ3v) is 3.32. The van der Waals surface area contributed by atoms with Crippen molar-refractivity contribution in [1.82, 2.24) is 0 Å². The molecule has 0 spiro atoms. The van der Waals surface area contributed by atoms with Crippen molar-refractivity contribution in [3.8, 4) is 11.5 Å². The van der Waals surface area contributed by atoms with E-state index in [0.717, 1.165) is 29.9 Å². The molecule has 2 N–H and O–H groups in total. The summed E-state index contributed by atoms with van der Waals surface area (Å²) in [5, 5.41) is 0. The van der Waals surface area contributed by atoms with Gasteiger partial charge in [-0.15, -0.1) is 0 Å². The molecule has 0 aromatic heterocycles. The van der Waals surface area contributed by atoms with E-state index in [4.69, 9.17) is 15.2 Å². The van der Waals surface area contributed by atoms with Crippen molar-refractivity contribution in [3.63, 3.8) is 0 Å². The molecule has 2 aromatic carbocycles. The molecule has 1 atom stereocenters. The van der Waals surface area contributed by atoms with Gasteiger partial charge in [0.1, 0.15) is 11.5 Å². The fraction of sp³-hybridized carbons (Fsp3) is 0.333. The fourth-order valence-electron chi connectivity index (χ4n) is 2.09. The number of benzene rings is 2. The molecule has 0 aliphatic heterocycles. The van der Waals surface area contributed by atoms with Crippen LogP contribution in [0.1, 0.15) is 31.4 Å². The number of para-hydroxylation sites is 2. The van der Waals surface area contributed by atoms with E-state index in [2.05, 4.69) is 6.92 Å². The van der Waals surface area contributed by atoms with Crippen molar-refractivity contribution in [2.24, 2.45) is 5.73 Å². The normalized spacial score (nSPS) is 11.9. The first kappa shape index (κ1) is 15.4. The summed E-state index contributed by atoms with van der Waals surface area (Å²) in [6, 6.07) is 17.8. The lowest BCUT2D eigenvalue weighted by molar-refractivity contribution is 0.245. The highest BCUT2D eigenvalue weighted by Crippen LogP contribution is 2.25. The number of ether oxygens (including phenoxy) is 2. The average Bonchev–Trinajstić information content (AvgIpc) is 2.55. The van der Waals surface area contributed by atoms with Gasteiger partial charge in [-0.05, 0) is 24.6 Å². The van der Waals surface area contributed by atoms with Gasteiger partial charge >= 0.3 is 0 Å². The predicted octanol–water partition coefficient (Wildman–Crippen LogP) is 3.94. The Morgan fingerprint density at radius 2 is 1.57 bits per heavy atom. The molecular weight excluding hydrogens is 262 g/mol. The van der Waals surface area contributed by atoms with Crippen molar-refractivity contribution >= 4 is 0 Å². The van der Waals surface area contributed by atoms with E-state index >= 15 is 0 Å². The van der Waals surface area contributed by atoms with Crippen LogP contribution in [0, 0.1) is 0 Å². The molecule has 0 unspecified atom stereocenters. The van der Waals surface area contributed by atoms with Crippen molar-refractivity contribution in [2.45, 2.75) is 25.8 Å². The van der Waals surface area contributed by atoms with Gasteiger partial charge in [-0.25, -0.2) is 0 Å². The topological polar surface area (TPSA) is 44.5 Å². The molecule has 0 radical (unpaired) electrons. The zero-order valence-corrected chi connectivity index (χ0v) is 12.5. The summed E-state index contributed by atoms with van der Waals surface area (Å²) in [7, 11) is 0. The highest BCUT2D eigenvalue weighted by Gasteiger charge is 2.09. The summed E-state index contributed by atoms with van der Waals surface area (Å²) in [5.41, 5.74) is 7.17. The van der Waals surface area contributed by atoms with E-state index in [1.54, 1.807) is 0 Å². The van der Waals surface area contributed by atoms with Crippen LogP contribution in [0.25, 0.3) is 0 Å². The Balaban J connectivity index is 1.76. The van der Waals surface area contributed by atoms with Crippen molar-refractivity contribution in [3.05, 3.63) is 60.2 Å². The van der Waals surface area contributed by atoms with Crippen molar-refractivity contribution < 1.29 is 9.47 Å². The van der Waals surface area contributed by atoms with Crippen molar-refractivity contribution in [1.29, 1.82) is 0 Å². The average molecular weight is 285 g/mol. The van der Waals surface area contributed by atoms with Gasteiger partial charge in [0.2, 0.25) is 0 Å². The van der Waals surface area contributed by atoms with Crippen LogP contribution in [0.15, 0.2) is 54.6 Å². The minimum absolute atomic E-state index is 0.0294. The fourth-order valence-corrected chi connectivity index (χ4v) is 2.09. The zero-order valence-electron chi connectivity index (χ0n) is 12.5. The summed E-state index contributed by atoms with van der Waals surface area (Å²) >= 11 is 0. The highest BCUT2D eigenvalue weighted by atomic mass is 16.5. The quantitative estimate of drug-likeness (QED) is 0.747. The van der Waals surface area contributed by atoms with Gasteiger partial charge in [0.15, 0.2) is 0 Å². The lowest BCUT2D eigenvalue weighted by Crippen LogP contribution is -2.12. The van der Waals surface area contributed by atoms with Gasteiger partial charge < -0.3 is 15.2 Å². The Bertz CT molecular complexity index is 528. The number of hydrogen-bond acceptors (Lipinski definition) is 3. The molecule has 112 valence electrons. The largest absolute Gasteiger partial charge is 0.493 e. The molecule has 21 heavy (non-hydrogen) atoms. The maximum Gasteiger partial charge on any atom is 0.124 e. The molecule has 2 rings (SSSR count). The molecule has 0 bridgehead atoms. The van der Waals surface area contributed by atoms with E-state index in [-0.39, 0.29) is 6.04 Å². The summed E-state index contributed by atoms with van der Waals surface area (Å²) in [6.45, 7) is 3.35. The Morgan fingerprint density at radius 1 is 0.905 bits per heavy atom. The van der Waals surface area contributed by atoms with Gasteiger partial charge in [0.25, 0.3) is 0 Å². The second-order valence-electron chi connectivity index (χ2n) is 4.92. The number of rotatable bonds is 8. The minimum Gasteiger partial charge on any atom is -0.493 e. The smallest absolute Gasteiger partial charge is 0.124 e. The standard InChI is InChI=1S/C18H23NO2/c1-2-17(19)16-11-6-7-12-18(16)21-14-8-13-20-15-9-4-3-5-10-15/h3-7,9-12,17H,2,8,13-14,19H2,1H3/t17-/m1/s1. The Morgan fingerprint density at radius 3 is 2.33 bits per heavy atom. The van der Waals surface area contributed by atoms with Crippen LogP contribution >= 0.6 is 0 Å². The van der Waals surface area contributed by atoms with Gasteiger partial charge in [0, 0.05) is 18.0 Å². The van der Waals surface area contributed by atoms with E-state index < -0.39 is 0 Å². The number of hydrogen-bond donors (Lipinski definition) is 1. The van der Waals surface area contributed by atoms with E-state index in [1.165, 1.54) is 0 Å². The van der Waals surface area contributed by atoms with E-state index in [1.807, 2.05) is 54.6 Å². The highest BCUT2D eigenvalue weighted by molar-refractivity contribution is 5.35. The van der Waals surface area contributed by atoms with Crippen LogP contribution in [-0.2, 0) is 0 Å². The summed E-state index contributed by atoms with van der Waals surface area (Å²) in [5.74, 6) is 1.78. The number of nitrogens with two attached hydrogens (primary N) is 1. The SMILES string of the molecule is CC[C@@H](N)c1ccccc1OCCCOc1ccccc1. The Hall–Kier alpha value is -2.00. The molecule has 0 aliphatic carbocycles. The van der Waals surface area contributed by atoms with Gasteiger partial charge in [-0.2, -0.15) is 0 Å². The molecule has 0 heterocycles. The molecule has 0 amide bonds. The van der Waals surface area contributed by atoms with Crippen LogP contribution in [0.3, 0.4) is 0 Å². The summed E-state index contributed by atoms with van der Waals surface area (Å²) in [6.07, 6.45) is 1.74. The van der Waals surface area contributed by atoms with Crippen LogP contribution in [0.2, 0.25) is 0 Å². The molecular formula is C18H23NO2. The van der Waals surface area contributed by atoms with Gasteiger partial charge in [-0.1, -0.05) is 43.3 Å². The summed E-state index contributed by atoms with van der Waals surface area (Å²) < 4.78 is 11.5. The van der Waals surface area contributed by atoms with Crippen LogP contribution in [0.5, 0.6) is 11.5 Å². The lowest BCUT2D eigenvalue weighted by Gasteiger charge is -2.15. The third-order valence-electron chi connectivity index (χ3n) is 3.32. The van der Waals surface area contributed by atoms with Crippen LogP contribution in [0.4, 0.5) is 0 Å². The second-order valence-corrected chi connectivity index (χ2v) is 4.92. The Labute approximate surface area is 126 Å². The van der Waals surface area contributed by atoms with Crippen LogP contribution in [-0.4, -0.2) is 13.2 Å². The molecule has 3 nitrogen and oxygen atoms in total. The Kier molecular flexibility index (Phi) is 6.10. The zero-order chi connectivity index (χ0) is 14.9. The monoisotopic (exact) mass is 285 g/mol. The van der Waals surface area contributed by atoms with Gasteiger partial charge in [0.05, 0.1) is 13.2 Å². The predicted molar refractivity (Wildman–Crippen MR) is 85.7 cm³/mol. The third kappa shape index (κ3) is 4.80. The first-order valence-corrected chi connectivity index (χ1v) is 7.46. The summed E-state index contributed by atoms with van der Waals surface area (Å²) in [4.78, 5) is 0. The molecule has 2 aromatic rings. The first-order chi connectivity index (χ1) is 10.3. The van der Waals surface area contributed by atoms with Gasteiger partial charge in [-0.3, -0.25) is 0 Å². The minimum atomic E-state index is 0.0294.